The van der Waals surface area contributed by atoms with Crippen molar-refractivity contribution in [3.8, 4) is 0 Å². The second-order valence-corrected chi connectivity index (χ2v) is 6.09. The first kappa shape index (κ1) is 16.5. The molecule has 0 unspecified atom stereocenters. The lowest BCUT2D eigenvalue weighted by molar-refractivity contribution is 0.0943. The fourth-order valence-electron chi connectivity index (χ4n) is 2.78. The van der Waals surface area contributed by atoms with E-state index in [1.165, 1.54) is 19.3 Å². The summed E-state index contributed by atoms with van der Waals surface area (Å²) in [5.74, 6) is 1.27. The average molecular weight is 314 g/mol. The molecule has 118 valence electrons. The van der Waals surface area contributed by atoms with Crippen LogP contribution in [0.4, 0.5) is 5.82 Å². The Morgan fingerprint density at radius 1 is 1.33 bits per heavy atom. The molecule has 0 aliphatic heterocycles. The van der Waals surface area contributed by atoms with Crippen molar-refractivity contribution in [3.63, 3.8) is 0 Å². The Balaban J connectivity index is 1.99. The number of halogens is 1. The zero-order valence-electron chi connectivity index (χ0n) is 12.6. The van der Waals surface area contributed by atoms with Gasteiger partial charge >= 0.3 is 0 Å². The van der Waals surface area contributed by atoms with Crippen LogP contribution >= 0.6 is 11.6 Å². The predicted molar refractivity (Wildman–Crippen MR) is 83.5 cm³/mol. The second kappa shape index (κ2) is 7.92. The zero-order chi connectivity index (χ0) is 15.1. The van der Waals surface area contributed by atoms with Gasteiger partial charge in [-0.15, -0.1) is 0 Å². The van der Waals surface area contributed by atoms with Gasteiger partial charge in [-0.1, -0.05) is 30.9 Å². The maximum Gasteiger partial charge on any atom is 0.158 e. The standard InChI is InChI=1S/C15H24ClN3O2/c1-2-21-9-14-18-12(16)8-13(19-14)17-10-15(11-20)6-4-3-5-7-15/h8,20H,2-7,9-11H2,1H3,(H,17,18,19). The molecule has 1 aromatic heterocycles. The van der Waals surface area contributed by atoms with Crippen LogP contribution in [-0.4, -0.2) is 34.8 Å². The molecule has 6 heteroatoms. The topological polar surface area (TPSA) is 67.3 Å². The minimum atomic E-state index is -0.0320. The van der Waals surface area contributed by atoms with Crippen LogP contribution in [-0.2, 0) is 11.3 Å². The summed E-state index contributed by atoms with van der Waals surface area (Å²) in [6, 6.07) is 1.71. The van der Waals surface area contributed by atoms with Gasteiger partial charge in [-0.2, -0.15) is 0 Å². The molecule has 21 heavy (non-hydrogen) atoms. The SMILES string of the molecule is CCOCc1nc(Cl)cc(NCC2(CO)CCCCC2)n1. The Bertz CT molecular complexity index is 451. The third-order valence-electron chi connectivity index (χ3n) is 4.07. The van der Waals surface area contributed by atoms with Crippen LogP contribution < -0.4 is 5.32 Å². The smallest absolute Gasteiger partial charge is 0.158 e. The van der Waals surface area contributed by atoms with Crippen molar-refractivity contribution in [2.75, 3.05) is 25.1 Å². The van der Waals surface area contributed by atoms with Crippen LogP contribution in [0.1, 0.15) is 44.9 Å². The van der Waals surface area contributed by atoms with Crippen LogP contribution in [0, 0.1) is 5.41 Å². The van der Waals surface area contributed by atoms with E-state index in [9.17, 15) is 5.11 Å². The number of hydrogen-bond donors (Lipinski definition) is 2. The molecule has 1 saturated carbocycles. The van der Waals surface area contributed by atoms with Crippen molar-refractivity contribution in [3.05, 3.63) is 17.0 Å². The molecule has 0 spiro atoms. The van der Waals surface area contributed by atoms with Crippen molar-refractivity contribution in [2.24, 2.45) is 5.41 Å². The first-order valence-corrected chi connectivity index (χ1v) is 8.01. The molecule has 0 radical (unpaired) electrons. The van der Waals surface area contributed by atoms with Gasteiger partial charge in [-0.25, -0.2) is 9.97 Å². The van der Waals surface area contributed by atoms with Gasteiger partial charge < -0.3 is 15.2 Å². The molecule has 1 heterocycles. The lowest BCUT2D eigenvalue weighted by Crippen LogP contribution is -2.35. The van der Waals surface area contributed by atoms with Crippen LogP contribution in [0.15, 0.2) is 6.07 Å². The summed E-state index contributed by atoms with van der Waals surface area (Å²) in [7, 11) is 0. The highest BCUT2D eigenvalue weighted by atomic mass is 35.5. The summed E-state index contributed by atoms with van der Waals surface area (Å²) in [5, 5.41) is 13.4. The molecule has 0 saturated heterocycles. The Morgan fingerprint density at radius 3 is 2.76 bits per heavy atom. The van der Waals surface area contributed by atoms with E-state index in [1.54, 1.807) is 6.07 Å². The van der Waals surface area contributed by atoms with Gasteiger partial charge in [0, 0.05) is 24.6 Å². The summed E-state index contributed by atoms with van der Waals surface area (Å²) >= 11 is 6.02. The van der Waals surface area contributed by atoms with Crippen LogP contribution in [0.3, 0.4) is 0 Å². The van der Waals surface area contributed by atoms with E-state index in [2.05, 4.69) is 15.3 Å². The zero-order valence-corrected chi connectivity index (χ0v) is 13.3. The van der Waals surface area contributed by atoms with E-state index >= 15 is 0 Å². The van der Waals surface area contributed by atoms with E-state index in [4.69, 9.17) is 16.3 Å². The van der Waals surface area contributed by atoms with Gasteiger partial charge in [-0.3, -0.25) is 0 Å². The number of nitrogens with one attached hydrogen (secondary N) is 1. The number of aliphatic hydroxyl groups excluding tert-OH is 1. The Hall–Kier alpha value is -0.910. The number of ether oxygens (including phenoxy) is 1. The molecule has 0 amide bonds. The Kier molecular flexibility index (Phi) is 6.21. The third-order valence-corrected chi connectivity index (χ3v) is 4.26. The molecule has 2 rings (SSSR count). The first-order valence-electron chi connectivity index (χ1n) is 7.63. The van der Waals surface area contributed by atoms with Gasteiger partial charge in [0.15, 0.2) is 5.82 Å². The fraction of sp³-hybridized carbons (Fsp3) is 0.733. The third kappa shape index (κ3) is 4.80. The van der Waals surface area contributed by atoms with Gasteiger partial charge in [0.25, 0.3) is 0 Å². The number of aliphatic hydroxyl groups is 1. The molecule has 1 aromatic rings. The summed E-state index contributed by atoms with van der Waals surface area (Å²) in [5.41, 5.74) is -0.0320. The van der Waals surface area contributed by atoms with Crippen molar-refractivity contribution in [2.45, 2.75) is 45.6 Å². The van der Waals surface area contributed by atoms with Crippen molar-refractivity contribution < 1.29 is 9.84 Å². The van der Waals surface area contributed by atoms with Gasteiger partial charge in [0.05, 0.1) is 6.61 Å². The predicted octanol–water partition coefficient (Wildman–Crippen LogP) is 3.02. The van der Waals surface area contributed by atoms with Crippen molar-refractivity contribution >= 4 is 17.4 Å². The molecular formula is C15H24ClN3O2. The van der Waals surface area contributed by atoms with Crippen LogP contribution in [0.25, 0.3) is 0 Å². The maximum absolute atomic E-state index is 9.73. The first-order chi connectivity index (χ1) is 10.2. The Morgan fingerprint density at radius 2 is 2.10 bits per heavy atom. The highest BCUT2D eigenvalue weighted by Gasteiger charge is 2.31. The van der Waals surface area contributed by atoms with E-state index in [-0.39, 0.29) is 12.0 Å². The van der Waals surface area contributed by atoms with E-state index in [0.717, 1.165) is 12.8 Å². The highest BCUT2D eigenvalue weighted by Crippen LogP contribution is 2.35. The largest absolute Gasteiger partial charge is 0.396 e. The molecule has 0 bridgehead atoms. The monoisotopic (exact) mass is 313 g/mol. The number of anilines is 1. The average Bonchev–Trinajstić information content (AvgIpc) is 2.51. The lowest BCUT2D eigenvalue weighted by Gasteiger charge is -2.35. The van der Waals surface area contributed by atoms with Crippen molar-refractivity contribution in [1.29, 1.82) is 0 Å². The lowest BCUT2D eigenvalue weighted by atomic mass is 9.74. The summed E-state index contributed by atoms with van der Waals surface area (Å²) in [6.07, 6.45) is 5.74. The van der Waals surface area contributed by atoms with Crippen LogP contribution in [0.5, 0.6) is 0 Å². The maximum atomic E-state index is 9.73. The fourth-order valence-corrected chi connectivity index (χ4v) is 2.98. The highest BCUT2D eigenvalue weighted by molar-refractivity contribution is 6.29. The summed E-state index contributed by atoms with van der Waals surface area (Å²) in [6.45, 7) is 3.83. The molecular weight excluding hydrogens is 290 g/mol. The number of aromatic nitrogens is 2. The molecule has 1 aliphatic rings. The Labute approximate surface area is 131 Å². The molecule has 1 fully saturated rings. The molecule has 5 nitrogen and oxygen atoms in total. The molecule has 1 aliphatic carbocycles. The second-order valence-electron chi connectivity index (χ2n) is 5.70. The number of rotatable bonds is 7. The molecule has 0 aromatic carbocycles. The molecule has 0 atom stereocenters. The summed E-state index contributed by atoms with van der Waals surface area (Å²) in [4.78, 5) is 8.55. The number of nitrogens with zero attached hydrogens (tertiary/aromatic N) is 2. The van der Waals surface area contributed by atoms with Gasteiger partial charge in [0.2, 0.25) is 0 Å². The van der Waals surface area contributed by atoms with Crippen LogP contribution in [0.2, 0.25) is 5.15 Å². The van der Waals surface area contributed by atoms with E-state index < -0.39 is 0 Å². The number of hydrogen-bond acceptors (Lipinski definition) is 5. The minimum Gasteiger partial charge on any atom is -0.396 e. The minimum absolute atomic E-state index is 0.0320. The van der Waals surface area contributed by atoms with E-state index in [0.29, 0.717) is 36.6 Å². The van der Waals surface area contributed by atoms with Crippen molar-refractivity contribution in [1.82, 2.24) is 9.97 Å². The van der Waals surface area contributed by atoms with E-state index in [1.807, 2.05) is 6.92 Å². The molecule has 2 N–H and O–H groups in total. The summed E-state index contributed by atoms with van der Waals surface area (Å²) < 4.78 is 5.31. The van der Waals surface area contributed by atoms with Gasteiger partial charge in [0.1, 0.15) is 17.6 Å². The van der Waals surface area contributed by atoms with Gasteiger partial charge in [-0.05, 0) is 19.8 Å². The normalized spacial score (nSPS) is 17.7. The quantitative estimate of drug-likeness (QED) is 0.757.